The van der Waals surface area contributed by atoms with Crippen LogP contribution in [0.1, 0.15) is 24.5 Å². The van der Waals surface area contributed by atoms with Crippen molar-refractivity contribution < 1.29 is 12.8 Å². The molecule has 5 nitrogen and oxygen atoms in total. The quantitative estimate of drug-likeness (QED) is 0.781. The van der Waals surface area contributed by atoms with E-state index < -0.39 is 10.0 Å². The van der Waals surface area contributed by atoms with Crippen LogP contribution in [0.5, 0.6) is 0 Å². The van der Waals surface area contributed by atoms with E-state index in [1.165, 1.54) is 17.4 Å². The van der Waals surface area contributed by atoms with Gasteiger partial charge in [-0.25, -0.2) is 13.1 Å². The zero-order valence-electron chi connectivity index (χ0n) is 12.1. The van der Waals surface area contributed by atoms with Crippen LogP contribution in [0.15, 0.2) is 39.2 Å². The van der Waals surface area contributed by atoms with Crippen LogP contribution < -0.4 is 10.0 Å². The number of furan rings is 1. The van der Waals surface area contributed by atoms with Gasteiger partial charge in [-0.05, 0) is 36.0 Å². The van der Waals surface area contributed by atoms with Gasteiger partial charge in [-0.2, -0.15) is 0 Å². The highest BCUT2D eigenvalue weighted by atomic mass is 32.2. The Morgan fingerprint density at radius 2 is 2.05 bits per heavy atom. The third-order valence-electron chi connectivity index (χ3n) is 2.77. The molecule has 0 unspecified atom stereocenters. The summed E-state index contributed by atoms with van der Waals surface area (Å²) in [6.07, 6.45) is 0. The van der Waals surface area contributed by atoms with Crippen molar-refractivity contribution in [3.63, 3.8) is 0 Å². The van der Waals surface area contributed by atoms with Gasteiger partial charge in [-0.15, -0.1) is 11.3 Å². The largest absolute Gasteiger partial charge is 0.447 e. The molecule has 2 aromatic rings. The molecule has 116 valence electrons. The SMILES string of the molecule is CC(C)CNCc1ccc(S(=O)(=O)NCc2cccs2)o1. The van der Waals surface area contributed by atoms with Crippen molar-refractivity contribution in [3.05, 3.63) is 40.3 Å². The van der Waals surface area contributed by atoms with Crippen LogP contribution in [-0.4, -0.2) is 15.0 Å². The summed E-state index contributed by atoms with van der Waals surface area (Å²) >= 11 is 1.51. The first kappa shape index (κ1) is 16.2. The van der Waals surface area contributed by atoms with Gasteiger partial charge in [0.25, 0.3) is 10.0 Å². The van der Waals surface area contributed by atoms with E-state index in [0.29, 0.717) is 18.2 Å². The molecule has 0 saturated heterocycles. The lowest BCUT2D eigenvalue weighted by atomic mass is 10.2. The maximum Gasteiger partial charge on any atom is 0.274 e. The zero-order valence-corrected chi connectivity index (χ0v) is 13.8. The molecule has 7 heteroatoms. The van der Waals surface area contributed by atoms with E-state index in [1.807, 2.05) is 17.5 Å². The van der Waals surface area contributed by atoms with E-state index >= 15 is 0 Å². The van der Waals surface area contributed by atoms with Gasteiger partial charge in [0.2, 0.25) is 5.09 Å². The summed E-state index contributed by atoms with van der Waals surface area (Å²) in [6.45, 7) is 5.89. The number of rotatable bonds is 8. The average Bonchev–Trinajstić information content (AvgIpc) is 3.07. The molecule has 0 aliphatic rings. The van der Waals surface area contributed by atoms with E-state index in [1.54, 1.807) is 6.07 Å². The smallest absolute Gasteiger partial charge is 0.274 e. The fourth-order valence-corrected chi connectivity index (χ4v) is 3.42. The summed E-state index contributed by atoms with van der Waals surface area (Å²) in [5.41, 5.74) is 0. The molecular weight excluding hydrogens is 308 g/mol. The van der Waals surface area contributed by atoms with Gasteiger partial charge in [0.05, 0.1) is 6.54 Å². The van der Waals surface area contributed by atoms with Crippen molar-refractivity contribution in [2.75, 3.05) is 6.54 Å². The molecule has 0 fully saturated rings. The molecule has 0 aliphatic carbocycles. The molecule has 2 aromatic heterocycles. The number of nitrogens with one attached hydrogen (secondary N) is 2. The van der Waals surface area contributed by atoms with E-state index in [9.17, 15) is 8.42 Å². The van der Waals surface area contributed by atoms with E-state index in [-0.39, 0.29) is 11.6 Å². The number of hydrogen-bond donors (Lipinski definition) is 2. The average molecular weight is 328 g/mol. The Balaban J connectivity index is 1.92. The number of thiophene rings is 1. The second-order valence-corrected chi connectivity index (χ2v) is 7.88. The summed E-state index contributed by atoms with van der Waals surface area (Å²) in [5, 5.41) is 5.08. The lowest BCUT2D eigenvalue weighted by Gasteiger charge is -2.05. The summed E-state index contributed by atoms with van der Waals surface area (Å²) in [6, 6.07) is 6.95. The van der Waals surface area contributed by atoms with Crippen LogP contribution in [0.3, 0.4) is 0 Å². The van der Waals surface area contributed by atoms with Gasteiger partial charge in [-0.1, -0.05) is 19.9 Å². The van der Waals surface area contributed by atoms with Crippen molar-refractivity contribution >= 4 is 21.4 Å². The first-order valence-corrected chi connectivity index (χ1v) is 9.15. The Bertz CT molecular complexity index is 646. The van der Waals surface area contributed by atoms with Crippen molar-refractivity contribution in [2.45, 2.75) is 32.0 Å². The lowest BCUT2D eigenvalue weighted by Crippen LogP contribution is -2.22. The normalized spacial score (nSPS) is 12.1. The summed E-state index contributed by atoms with van der Waals surface area (Å²) < 4.78 is 32.1. The minimum absolute atomic E-state index is 0.0413. The third-order valence-corrected chi connectivity index (χ3v) is 4.92. The first-order chi connectivity index (χ1) is 9.97. The molecule has 0 spiro atoms. The van der Waals surface area contributed by atoms with Gasteiger partial charge >= 0.3 is 0 Å². The fourth-order valence-electron chi connectivity index (χ4n) is 1.73. The molecule has 2 rings (SSSR count). The van der Waals surface area contributed by atoms with Crippen LogP contribution in [0.25, 0.3) is 0 Å². The molecule has 0 saturated carbocycles. The molecule has 21 heavy (non-hydrogen) atoms. The zero-order chi connectivity index (χ0) is 15.3. The highest BCUT2D eigenvalue weighted by molar-refractivity contribution is 7.89. The predicted molar refractivity (Wildman–Crippen MR) is 83.6 cm³/mol. The second kappa shape index (κ2) is 7.22. The topological polar surface area (TPSA) is 71.3 Å². The fraction of sp³-hybridized carbons (Fsp3) is 0.429. The van der Waals surface area contributed by atoms with Gasteiger partial charge in [0.15, 0.2) is 0 Å². The van der Waals surface area contributed by atoms with Crippen LogP contribution in [0.2, 0.25) is 0 Å². The van der Waals surface area contributed by atoms with Crippen molar-refractivity contribution in [2.24, 2.45) is 5.92 Å². The minimum atomic E-state index is -3.59. The molecule has 0 atom stereocenters. The number of sulfonamides is 1. The van der Waals surface area contributed by atoms with E-state index in [2.05, 4.69) is 23.9 Å². The maximum absolute atomic E-state index is 12.1. The summed E-state index contributed by atoms with van der Waals surface area (Å²) in [5.74, 6) is 1.16. The molecule has 0 amide bonds. The van der Waals surface area contributed by atoms with Gasteiger partial charge in [0, 0.05) is 11.4 Å². The molecule has 0 radical (unpaired) electrons. The van der Waals surface area contributed by atoms with Gasteiger partial charge < -0.3 is 9.73 Å². The lowest BCUT2D eigenvalue weighted by molar-refractivity contribution is 0.394. The maximum atomic E-state index is 12.1. The second-order valence-electron chi connectivity index (χ2n) is 5.15. The van der Waals surface area contributed by atoms with Crippen LogP contribution >= 0.6 is 11.3 Å². The molecule has 0 aliphatic heterocycles. The van der Waals surface area contributed by atoms with Crippen LogP contribution in [-0.2, 0) is 23.1 Å². The molecular formula is C14H20N2O3S2. The summed E-state index contributed by atoms with van der Waals surface area (Å²) in [4.78, 5) is 0.962. The van der Waals surface area contributed by atoms with Gasteiger partial charge in [0.1, 0.15) is 5.76 Å². The van der Waals surface area contributed by atoms with Crippen molar-refractivity contribution in [3.8, 4) is 0 Å². The monoisotopic (exact) mass is 328 g/mol. The van der Waals surface area contributed by atoms with Crippen molar-refractivity contribution in [1.82, 2.24) is 10.0 Å². The van der Waals surface area contributed by atoms with Gasteiger partial charge in [-0.3, -0.25) is 0 Å². The van der Waals surface area contributed by atoms with Crippen LogP contribution in [0, 0.1) is 5.92 Å². The minimum Gasteiger partial charge on any atom is -0.447 e. The highest BCUT2D eigenvalue weighted by Crippen LogP contribution is 2.15. The molecule has 0 aromatic carbocycles. The Hall–Kier alpha value is -1.15. The molecule has 2 heterocycles. The predicted octanol–water partition coefficient (Wildman–Crippen LogP) is 2.57. The Kier molecular flexibility index (Phi) is 5.58. The Morgan fingerprint density at radius 1 is 1.24 bits per heavy atom. The van der Waals surface area contributed by atoms with E-state index in [4.69, 9.17) is 4.42 Å². The van der Waals surface area contributed by atoms with Crippen molar-refractivity contribution in [1.29, 1.82) is 0 Å². The summed E-state index contributed by atoms with van der Waals surface area (Å²) in [7, 11) is -3.59. The molecule has 0 bridgehead atoms. The Morgan fingerprint density at radius 3 is 2.71 bits per heavy atom. The third kappa shape index (κ3) is 4.96. The standard InChI is InChI=1S/C14H20N2O3S2/c1-11(2)8-15-9-12-5-6-14(19-12)21(17,18)16-10-13-4-3-7-20-13/h3-7,11,15-16H,8-10H2,1-2H3. The highest BCUT2D eigenvalue weighted by Gasteiger charge is 2.18. The number of hydrogen-bond acceptors (Lipinski definition) is 5. The van der Waals surface area contributed by atoms with Crippen LogP contribution in [0.4, 0.5) is 0 Å². The molecule has 2 N–H and O–H groups in total. The van der Waals surface area contributed by atoms with E-state index in [0.717, 1.165) is 11.4 Å². The Labute approximate surface area is 129 Å². The first-order valence-electron chi connectivity index (χ1n) is 6.79.